The number of ether oxygens (including phenoxy) is 1. The Hall–Kier alpha value is -2.38. The van der Waals surface area contributed by atoms with Crippen LogP contribution in [0.1, 0.15) is 53.3 Å². The van der Waals surface area contributed by atoms with E-state index in [0.717, 1.165) is 29.3 Å². The zero-order valence-electron chi connectivity index (χ0n) is 15.3. The van der Waals surface area contributed by atoms with E-state index in [0.29, 0.717) is 12.2 Å². The molecule has 26 heavy (non-hydrogen) atoms. The molecule has 2 aliphatic rings. The third-order valence-electron chi connectivity index (χ3n) is 5.48. The molecular weight excluding hydrogens is 330 g/mol. The lowest BCUT2D eigenvalue weighted by atomic mass is 9.93. The van der Waals surface area contributed by atoms with Crippen molar-refractivity contribution >= 4 is 5.91 Å². The normalized spacial score (nSPS) is 28.3. The third kappa shape index (κ3) is 2.87. The van der Waals surface area contributed by atoms with Crippen LogP contribution in [0.15, 0.2) is 24.3 Å². The number of carbonyl (C=O) groups excluding carboxylic acids is 1. The number of benzene rings is 1. The fourth-order valence-corrected chi connectivity index (χ4v) is 4.11. The van der Waals surface area contributed by atoms with Gasteiger partial charge >= 0.3 is 0 Å². The van der Waals surface area contributed by atoms with Crippen LogP contribution in [0.2, 0.25) is 0 Å². The highest BCUT2D eigenvalue weighted by Gasteiger charge is 2.36. The molecule has 0 spiro atoms. The molecule has 0 aliphatic carbocycles. The molecular formula is C19H25N5O2. The maximum absolute atomic E-state index is 12.6. The Bertz CT molecular complexity index is 808. The molecule has 7 heteroatoms. The average Bonchev–Trinajstić information content (AvgIpc) is 3.16. The molecule has 3 heterocycles. The molecule has 7 nitrogen and oxygen atoms in total. The Morgan fingerprint density at radius 3 is 2.62 bits per heavy atom. The van der Waals surface area contributed by atoms with Crippen LogP contribution in [0.5, 0.6) is 5.75 Å². The minimum atomic E-state index is -0.112. The number of methoxy groups -OCH3 is 1. The summed E-state index contributed by atoms with van der Waals surface area (Å²) in [5.41, 5.74) is 9.01. The molecule has 4 N–H and O–H groups in total. The molecule has 3 unspecified atom stereocenters. The zero-order valence-corrected chi connectivity index (χ0v) is 15.3. The fraction of sp³-hybridized carbons (Fsp3) is 0.474. The highest BCUT2D eigenvalue weighted by molar-refractivity contribution is 5.94. The van der Waals surface area contributed by atoms with Crippen molar-refractivity contribution in [1.82, 2.24) is 26.1 Å². The molecule has 1 aromatic carbocycles. The minimum absolute atomic E-state index is 0.112. The number of carbonyl (C=O) groups is 1. The Morgan fingerprint density at radius 1 is 1.15 bits per heavy atom. The number of hydrazine groups is 1. The van der Waals surface area contributed by atoms with Crippen LogP contribution in [0, 0.1) is 0 Å². The second kappa shape index (κ2) is 6.74. The van der Waals surface area contributed by atoms with Gasteiger partial charge in [-0.3, -0.25) is 15.6 Å². The third-order valence-corrected chi connectivity index (χ3v) is 5.48. The maximum Gasteiger partial charge on any atom is 0.271 e. The number of para-hydroxylation sites is 1. The van der Waals surface area contributed by atoms with Gasteiger partial charge in [0.05, 0.1) is 7.11 Å². The van der Waals surface area contributed by atoms with E-state index in [9.17, 15) is 4.79 Å². The van der Waals surface area contributed by atoms with Crippen LogP contribution < -0.4 is 20.9 Å². The van der Waals surface area contributed by atoms with E-state index >= 15 is 0 Å². The molecule has 0 radical (unpaired) electrons. The molecule has 2 aliphatic heterocycles. The quantitative estimate of drug-likeness (QED) is 0.669. The number of hydrogen-bond acceptors (Lipinski definition) is 5. The van der Waals surface area contributed by atoms with Crippen molar-refractivity contribution in [3.63, 3.8) is 0 Å². The number of imidazole rings is 1. The number of aromatic amines is 1. The van der Waals surface area contributed by atoms with Crippen LogP contribution in [0.3, 0.4) is 0 Å². The number of hydrogen-bond donors (Lipinski definition) is 4. The maximum atomic E-state index is 12.6. The summed E-state index contributed by atoms with van der Waals surface area (Å²) in [6.45, 7) is 4.80. The van der Waals surface area contributed by atoms with E-state index < -0.39 is 0 Å². The van der Waals surface area contributed by atoms with Gasteiger partial charge in [-0.1, -0.05) is 18.2 Å². The van der Waals surface area contributed by atoms with Gasteiger partial charge in [-0.2, -0.15) is 0 Å². The first-order valence-corrected chi connectivity index (χ1v) is 9.09. The predicted molar refractivity (Wildman–Crippen MR) is 98.3 cm³/mol. The second-order valence-electron chi connectivity index (χ2n) is 7.19. The van der Waals surface area contributed by atoms with E-state index in [-0.39, 0.29) is 29.8 Å². The van der Waals surface area contributed by atoms with Gasteiger partial charge in [-0.05, 0) is 31.9 Å². The van der Waals surface area contributed by atoms with Gasteiger partial charge in [0.15, 0.2) is 0 Å². The van der Waals surface area contributed by atoms with Crippen molar-refractivity contribution in [1.29, 1.82) is 0 Å². The van der Waals surface area contributed by atoms with E-state index in [1.807, 2.05) is 18.2 Å². The summed E-state index contributed by atoms with van der Waals surface area (Å²) >= 11 is 0. The molecule has 1 aromatic heterocycles. The zero-order chi connectivity index (χ0) is 18.3. The highest BCUT2D eigenvalue weighted by atomic mass is 16.5. The summed E-state index contributed by atoms with van der Waals surface area (Å²) in [7, 11) is 1.68. The summed E-state index contributed by atoms with van der Waals surface area (Å²) < 4.78 is 5.51. The molecule has 1 saturated heterocycles. The first kappa shape index (κ1) is 17.1. The first-order valence-electron chi connectivity index (χ1n) is 9.09. The van der Waals surface area contributed by atoms with Crippen LogP contribution in [-0.2, 0) is 6.42 Å². The summed E-state index contributed by atoms with van der Waals surface area (Å²) in [4.78, 5) is 20.7. The molecule has 1 fully saturated rings. The van der Waals surface area contributed by atoms with Crippen molar-refractivity contribution in [3.05, 3.63) is 47.0 Å². The molecule has 0 bridgehead atoms. The van der Waals surface area contributed by atoms with Crippen LogP contribution >= 0.6 is 0 Å². The van der Waals surface area contributed by atoms with E-state index in [2.05, 4.69) is 46.1 Å². The topological polar surface area (TPSA) is 91.1 Å². The van der Waals surface area contributed by atoms with Gasteiger partial charge in [-0.15, -0.1) is 0 Å². The second-order valence-corrected chi connectivity index (χ2v) is 7.19. The molecule has 138 valence electrons. The van der Waals surface area contributed by atoms with Gasteiger partial charge < -0.3 is 15.0 Å². The van der Waals surface area contributed by atoms with Gasteiger partial charge in [0, 0.05) is 36.2 Å². The summed E-state index contributed by atoms with van der Waals surface area (Å²) in [5, 5.41) is 3.02. The Labute approximate surface area is 152 Å². The van der Waals surface area contributed by atoms with E-state index in [4.69, 9.17) is 4.74 Å². The van der Waals surface area contributed by atoms with Crippen molar-refractivity contribution in [2.75, 3.05) is 13.7 Å². The first-order chi connectivity index (χ1) is 12.6. The number of nitrogens with one attached hydrogen (secondary N) is 4. The Morgan fingerprint density at radius 2 is 1.88 bits per heavy atom. The predicted octanol–water partition coefficient (Wildman–Crippen LogP) is 1.46. The highest BCUT2D eigenvalue weighted by Crippen LogP contribution is 2.32. The minimum Gasteiger partial charge on any atom is -0.496 e. The van der Waals surface area contributed by atoms with Crippen molar-refractivity contribution < 1.29 is 9.53 Å². The number of nitrogens with zero attached hydrogens (tertiary/aromatic N) is 1. The van der Waals surface area contributed by atoms with E-state index in [1.165, 1.54) is 0 Å². The number of fused-ring (bicyclic) bond motifs is 1. The SMILES string of the molecule is COc1ccccc1C1CNC(=O)c2nc(C3C(C)NNC3C)[nH]c2C1. The number of amides is 1. The molecule has 2 aromatic rings. The summed E-state index contributed by atoms with van der Waals surface area (Å²) in [5.74, 6) is 1.93. The Kier molecular flexibility index (Phi) is 4.42. The lowest BCUT2D eigenvalue weighted by Crippen LogP contribution is -2.30. The summed E-state index contributed by atoms with van der Waals surface area (Å²) in [6, 6.07) is 8.47. The van der Waals surface area contributed by atoms with E-state index in [1.54, 1.807) is 7.11 Å². The number of H-pyrrole nitrogens is 1. The fourth-order valence-electron chi connectivity index (χ4n) is 4.11. The standard InChI is InChI=1S/C19H25N5O2/c1-10-16(11(2)24-23-10)18-21-14-8-12(9-20-19(25)17(14)22-18)13-6-4-5-7-15(13)26-3/h4-7,10-12,16,23-24H,8-9H2,1-3H3,(H,20,25)(H,21,22). The lowest BCUT2D eigenvalue weighted by Gasteiger charge is -2.18. The monoisotopic (exact) mass is 355 g/mol. The molecule has 4 rings (SSSR count). The smallest absolute Gasteiger partial charge is 0.271 e. The van der Waals surface area contributed by atoms with Crippen LogP contribution in [0.25, 0.3) is 0 Å². The van der Waals surface area contributed by atoms with Crippen LogP contribution in [0.4, 0.5) is 0 Å². The van der Waals surface area contributed by atoms with Crippen molar-refractivity contribution in [2.45, 2.75) is 44.2 Å². The molecule has 0 saturated carbocycles. The largest absolute Gasteiger partial charge is 0.496 e. The van der Waals surface area contributed by atoms with Gasteiger partial charge in [0.25, 0.3) is 5.91 Å². The van der Waals surface area contributed by atoms with Gasteiger partial charge in [0.1, 0.15) is 17.3 Å². The van der Waals surface area contributed by atoms with Gasteiger partial charge in [-0.25, -0.2) is 4.98 Å². The number of aromatic nitrogens is 2. The van der Waals surface area contributed by atoms with Crippen molar-refractivity contribution in [3.8, 4) is 5.75 Å². The molecule has 3 atom stereocenters. The average molecular weight is 355 g/mol. The summed E-state index contributed by atoms with van der Waals surface area (Å²) in [6.07, 6.45) is 0.720. The van der Waals surface area contributed by atoms with Crippen LogP contribution in [-0.4, -0.2) is 41.6 Å². The Balaban J connectivity index is 1.68. The van der Waals surface area contributed by atoms with Crippen molar-refractivity contribution in [2.24, 2.45) is 0 Å². The molecule has 1 amide bonds. The lowest BCUT2D eigenvalue weighted by molar-refractivity contribution is 0.0950. The van der Waals surface area contributed by atoms with Gasteiger partial charge in [0.2, 0.25) is 0 Å². The number of rotatable bonds is 3.